The van der Waals surface area contributed by atoms with Crippen molar-refractivity contribution in [1.82, 2.24) is 5.32 Å². The van der Waals surface area contributed by atoms with Crippen molar-refractivity contribution in [3.05, 3.63) is 29.8 Å². The Morgan fingerprint density at radius 1 is 1.22 bits per heavy atom. The zero-order valence-corrected chi connectivity index (χ0v) is 11.8. The summed E-state index contributed by atoms with van der Waals surface area (Å²) in [6, 6.07) is 9.34. The standard InChI is InChI=1S/C16H25NO/c1-12(14-7-4-5-8-14)17-13(2)15-9-6-10-16(11-15)18-3/h6,9-14,17H,4-5,7-8H2,1-3H3/t12?,13-/m0/s1. The highest BCUT2D eigenvalue weighted by Gasteiger charge is 2.22. The maximum Gasteiger partial charge on any atom is 0.119 e. The summed E-state index contributed by atoms with van der Waals surface area (Å²) in [6.07, 6.45) is 5.59. The van der Waals surface area contributed by atoms with E-state index in [1.54, 1.807) is 7.11 Å². The molecule has 1 saturated carbocycles. The lowest BCUT2D eigenvalue weighted by Crippen LogP contribution is -2.34. The van der Waals surface area contributed by atoms with Crippen LogP contribution in [-0.4, -0.2) is 13.2 Å². The van der Waals surface area contributed by atoms with Gasteiger partial charge < -0.3 is 10.1 Å². The molecule has 1 N–H and O–H groups in total. The lowest BCUT2D eigenvalue weighted by atomic mass is 9.98. The number of rotatable bonds is 5. The molecule has 1 aromatic carbocycles. The highest BCUT2D eigenvalue weighted by molar-refractivity contribution is 5.30. The molecule has 0 spiro atoms. The Labute approximate surface area is 111 Å². The molecule has 2 atom stereocenters. The van der Waals surface area contributed by atoms with E-state index in [1.807, 2.05) is 6.07 Å². The molecular weight excluding hydrogens is 222 g/mol. The smallest absolute Gasteiger partial charge is 0.119 e. The molecule has 1 aromatic rings. The van der Waals surface area contributed by atoms with Crippen molar-refractivity contribution in [2.24, 2.45) is 5.92 Å². The van der Waals surface area contributed by atoms with E-state index in [2.05, 4.69) is 37.4 Å². The minimum absolute atomic E-state index is 0.385. The number of benzene rings is 1. The molecule has 18 heavy (non-hydrogen) atoms. The van der Waals surface area contributed by atoms with E-state index in [0.717, 1.165) is 11.7 Å². The largest absolute Gasteiger partial charge is 0.497 e. The Hall–Kier alpha value is -1.02. The first kappa shape index (κ1) is 13.4. The van der Waals surface area contributed by atoms with Gasteiger partial charge in [-0.25, -0.2) is 0 Å². The van der Waals surface area contributed by atoms with Gasteiger partial charge in [0.05, 0.1) is 7.11 Å². The van der Waals surface area contributed by atoms with Crippen LogP contribution in [0.2, 0.25) is 0 Å². The summed E-state index contributed by atoms with van der Waals surface area (Å²) in [5.74, 6) is 1.80. The van der Waals surface area contributed by atoms with Crippen LogP contribution in [0.3, 0.4) is 0 Å². The van der Waals surface area contributed by atoms with Crippen molar-refractivity contribution in [3.8, 4) is 5.75 Å². The van der Waals surface area contributed by atoms with Gasteiger partial charge in [-0.15, -0.1) is 0 Å². The fourth-order valence-electron chi connectivity index (χ4n) is 2.99. The fourth-order valence-corrected chi connectivity index (χ4v) is 2.99. The van der Waals surface area contributed by atoms with Crippen molar-refractivity contribution in [1.29, 1.82) is 0 Å². The molecule has 1 unspecified atom stereocenters. The maximum atomic E-state index is 5.28. The van der Waals surface area contributed by atoms with Crippen molar-refractivity contribution in [3.63, 3.8) is 0 Å². The predicted molar refractivity (Wildman–Crippen MR) is 76.0 cm³/mol. The molecule has 0 radical (unpaired) electrons. The van der Waals surface area contributed by atoms with Gasteiger partial charge in [-0.1, -0.05) is 25.0 Å². The van der Waals surface area contributed by atoms with Crippen molar-refractivity contribution in [2.45, 2.75) is 51.6 Å². The van der Waals surface area contributed by atoms with Crippen LogP contribution < -0.4 is 10.1 Å². The van der Waals surface area contributed by atoms with Gasteiger partial charge in [-0.05, 0) is 50.3 Å². The third-order valence-electron chi connectivity index (χ3n) is 4.21. The molecule has 1 aliphatic rings. The van der Waals surface area contributed by atoms with Crippen LogP contribution in [0.25, 0.3) is 0 Å². The van der Waals surface area contributed by atoms with Gasteiger partial charge in [0.15, 0.2) is 0 Å². The zero-order valence-electron chi connectivity index (χ0n) is 11.8. The Balaban J connectivity index is 1.95. The third-order valence-corrected chi connectivity index (χ3v) is 4.21. The average molecular weight is 247 g/mol. The monoisotopic (exact) mass is 247 g/mol. The number of ether oxygens (including phenoxy) is 1. The van der Waals surface area contributed by atoms with Gasteiger partial charge in [0.2, 0.25) is 0 Å². The van der Waals surface area contributed by atoms with Gasteiger partial charge in [0, 0.05) is 12.1 Å². The van der Waals surface area contributed by atoms with Gasteiger partial charge >= 0.3 is 0 Å². The van der Waals surface area contributed by atoms with Crippen molar-refractivity contribution in [2.75, 3.05) is 7.11 Å². The van der Waals surface area contributed by atoms with E-state index < -0.39 is 0 Å². The molecule has 0 bridgehead atoms. The van der Waals surface area contributed by atoms with Gasteiger partial charge in [0.1, 0.15) is 5.75 Å². The first-order valence-corrected chi connectivity index (χ1v) is 7.10. The molecule has 0 amide bonds. The second-order valence-electron chi connectivity index (χ2n) is 5.50. The minimum Gasteiger partial charge on any atom is -0.497 e. The number of hydrogen-bond donors (Lipinski definition) is 1. The highest BCUT2D eigenvalue weighted by Crippen LogP contribution is 2.29. The predicted octanol–water partition coefficient (Wildman–Crippen LogP) is 3.92. The van der Waals surface area contributed by atoms with Crippen LogP contribution in [0.15, 0.2) is 24.3 Å². The Kier molecular flexibility index (Phi) is 4.65. The Morgan fingerprint density at radius 3 is 2.61 bits per heavy atom. The van der Waals surface area contributed by atoms with Crippen molar-refractivity contribution >= 4 is 0 Å². The molecule has 100 valence electrons. The van der Waals surface area contributed by atoms with Gasteiger partial charge in [-0.3, -0.25) is 0 Å². The fraction of sp³-hybridized carbons (Fsp3) is 0.625. The Morgan fingerprint density at radius 2 is 1.94 bits per heavy atom. The summed E-state index contributed by atoms with van der Waals surface area (Å²) in [4.78, 5) is 0. The first-order chi connectivity index (χ1) is 8.70. The molecule has 0 aromatic heterocycles. The average Bonchev–Trinajstić information content (AvgIpc) is 2.92. The maximum absolute atomic E-state index is 5.28. The van der Waals surface area contributed by atoms with Crippen LogP contribution in [0.1, 0.15) is 51.1 Å². The van der Waals surface area contributed by atoms with E-state index >= 15 is 0 Å². The second-order valence-corrected chi connectivity index (χ2v) is 5.50. The molecule has 1 aliphatic carbocycles. The normalized spacial score (nSPS) is 19.7. The number of nitrogens with one attached hydrogen (secondary N) is 1. The molecule has 0 heterocycles. The lowest BCUT2D eigenvalue weighted by molar-refractivity contribution is 0.351. The third kappa shape index (κ3) is 3.26. The summed E-state index contributed by atoms with van der Waals surface area (Å²) in [6.45, 7) is 4.56. The molecule has 1 fully saturated rings. The summed E-state index contributed by atoms with van der Waals surface area (Å²) >= 11 is 0. The molecule has 0 saturated heterocycles. The van der Waals surface area contributed by atoms with Crippen LogP contribution >= 0.6 is 0 Å². The van der Waals surface area contributed by atoms with Crippen LogP contribution in [0.4, 0.5) is 0 Å². The van der Waals surface area contributed by atoms with E-state index in [9.17, 15) is 0 Å². The van der Waals surface area contributed by atoms with E-state index in [-0.39, 0.29) is 0 Å². The van der Waals surface area contributed by atoms with Crippen molar-refractivity contribution < 1.29 is 4.74 Å². The van der Waals surface area contributed by atoms with E-state index in [1.165, 1.54) is 31.2 Å². The molecule has 2 heteroatoms. The number of hydrogen-bond acceptors (Lipinski definition) is 2. The SMILES string of the molecule is COc1cccc([C@H](C)NC(C)C2CCCC2)c1. The molecular formula is C16H25NO. The molecule has 0 aliphatic heterocycles. The summed E-state index contributed by atoms with van der Waals surface area (Å²) < 4.78 is 5.28. The molecule has 2 nitrogen and oxygen atoms in total. The molecule has 2 rings (SSSR count). The Bertz CT molecular complexity index is 371. The first-order valence-electron chi connectivity index (χ1n) is 7.10. The number of methoxy groups -OCH3 is 1. The summed E-state index contributed by atoms with van der Waals surface area (Å²) in [5.41, 5.74) is 1.30. The topological polar surface area (TPSA) is 21.3 Å². The van der Waals surface area contributed by atoms with Gasteiger partial charge in [-0.2, -0.15) is 0 Å². The van der Waals surface area contributed by atoms with Crippen LogP contribution in [-0.2, 0) is 0 Å². The summed E-state index contributed by atoms with van der Waals surface area (Å²) in [7, 11) is 1.72. The lowest BCUT2D eigenvalue weighted by Gasteiger charge is -2.25. The van der Waals surface area contributed by atoms with Gasteiger partial charge in [0.25, 0.3) is 0 Å². The minimum atomic E-state index is 0.385. The van der Waals surface area contributed by atoms with Crippen LogP contribution in [0.5, 0.6) is 5.75 Å². The van der Waals surface area contributed by atoms with Crippen LogP contribution in [0, 0.1) is 5.92 Å². The zero-order chi connectivity index (χ0) is 13.0. The summed E-state index contributed by atoms with van der Waals surface area (Å²) in [5, 5.41) is 3.73. The highest BCUT2D eigenvalue weighted by atomic mass is 16.5. The quantitative estimate of drug-likeness (QED) is 0.851. The van der Waals surface area contributed by atoms with E-state index in [0.29, 0.717) is 12.1 Å². The van der Waals surface area contributed by atoms with E-state index in [4.69, 9.17) is 4.74 Å². The second kappa shape index (κ2) is 6.24.